The van der Waals surface area contributed by atoms with E-state index in [0.29, 0.717) is 6.54 Å². The van der Waals surface area contributed by atoms with Gasteiger partial charge in [0.15, 0.2) is 5.96 Å². The van der Waals surface area contributed by atoms with Crippen LogP contribution in [0.1, 0.15) is 25.0 Å². The van der Waals surface area contributed by atoms with Crippen molar-refractivity contribution >= 4 is 5.96 Å². The molecule has 0 atom stereocenters. The van der Waals surface area contributed by atoms with E-state index in [4.69, 9.17) is 9.73 Å². The molecule has 0 amide bonds. The standard InChI is InChI=1S/C20H35N5O/c1-4-21-20(22-9-10-25-11-13-26-14-12-25)23-16-18-7-6-8-19(15-18)17-24(3)5-2/h6-8,15H,4-5,9-14,16-17H2,1-3H3,(H2,21,22,23). The van der Waals surface area contributed by atoms with Gasteiger partial charge in [0.05, 0.1) is 19.8 Å². The second kappa shape index (κ2) is 11.9. The van der Waals surface area contributed by atoms with Gasteiger partial charge in [-0.3, -0.25) is 4.90 Å². The Balaban J connectivity index is 1.84. The third kappa shape index (κ3) is 7.72. The molecule has 146 valence electrons. The van der Waals surface area contributed by atoms with Crippen molar-refractivity contribution in [1.29, 1.82) is 0 Å². The van der Waals surface area contributed by atoms with Crippen molar-refractivity contribution in [3.63, 3.8) is 0 Å². The summed E-state index contributed by atoms with van der Waals surface area (Å²) < 4.78 is 5.39. The van der Waals surface area contributed by atoms with Gasteiger partial charge >= 0.3 is 0 Å². The van der Waals surface area contributed by atoms with Crippen molar-refractivity contribution in [3.8, 4) is 0 Å². The topological polar surface area (TPSA) is 52.1 Å². The summed E-state index contributed by atoms with van der Waals surface area (Å²) in [7, 11) is 2.15. The fourth-order valence-corrected chi connectivity index (χ4v) is 2.92. The van der Waals surface area contributed by atoms with Gasteiger partial charge in [0.2, 0.25) is 0 Å². The van der Waals surface area contributed by atoms with Crippen molar-refractivity contribution in [2.75, 3.05) is 59.5 Å². The minimum absolute atomic E-state index is 0.691. The fourth-order valence-electron chi connectivity index (χ4n) is 2.92. The Kier molecular flexibility index (Phi) is 9.45. The van der Waals surface area contributed by atoms with E-state index >= 15 is 0 Å². The first kappa shape index (κ1) is 20.7. The van der Waals surface area contributed by atoms with E-state index < -0.39 is 0 Å². The summed E-state index contributed by atoms with van der Waals surface area (Å²) in [6.45, 7) is 13.5. The highest BCUT2D eigenvalue weighted by molar-refractivity contribution is 5.79. The smallest absolute Gasteiger partial charge is 0.191 e. The molecule has 1 aromatic carbocycles. The van der Waals surface area contributed by atoms with Crippen LogP contribution in [0, 0.1) is 0 Å². The molecule has 2 N–H and O–H groups in total. The van der Waals surface area contributed by atoms with Crippen molar-refractivity contribution in [2.24, 2.45) is 4.99 Å². The summed E-state index contributed by atoms with van der Waals surface area (Å²) >= 11 is 0. The quantitative estimate of drug-likeness (QED) is 0.516. The van der Waals surface area contributed by atoms with Crippen LogP contribution >= 0.6 is 0 Å². The highest BCUT2D eigenvalue weighted by atomic mass is 16.5. The van der Waals surface area contributed by atoms with Crippen molar-refractivity contribution < 1.29 is 4.74 Å². The van der Waals surface area contributed by atoms with Gasteiger partial charge in [0.25, 0.3) is 0 Å². The molecule has 1 aliphatic heterocycles. The maximum Gasteiger partial charge on any atom is 0.191 e. The van der Waals surface area contributed by atoms with E-state index in [1.165, 1.54) is 11.1 Å². The third-order valence-electron chi connectivity index (χ3n) is 4.57. The molecule has 0 spiro atoms. The van der Waals surface area contributed by atoms with Crippen LogP contribution in [0.15, 0.2) is 29.3 Å². The molecule has 6 heteroatoms. The fraction of sp³-hybridized carbons (Fsp3) is 0.650. The third-order valence-corrected chi connectivity index (χ3v) is 4.57. The average Bonchev–Trinajstić information content (AvgIpc) is 2.67. The minimum atomic E-state index is 0.691. The molecular formula is C20H35N5O. The molecule has 0 aromatic heterocycles. The molecule has 0 radical (unpaired) electrons. The summed E-state index contributed by atoms with van der Waals surface area (Å²) in [5.41, 5.74) is 2.59. The normalized spacial score (nSPS) is 16.1. The van der Waals surface area contributed by atoms with Crippen LogP contribution in [0.4, 0.5) is 0 Å². The molecule has 0 unspecified atom stereocenters. The van der Waals surface area contributed by atoms with E-state index in [9.17, 15) is 0 Å². The highest BCUT2D eigenvalue weighted by Crippen LogP contribution is 2.08. The van der Waals surface area contributed by atoms with E-state index in [1.807, 2.05) is 0 Å². The molecule has 1 fully saturated rings. The maximum absolute atomic E-state index is 5.39. The average molecular weight is 362 g/mol. The zero-order valence-electron chi connectivity index (χ0n) is 16.6. The van der Waals surface area contributed by atoms with Gasteiger partial charge in [0.1, 0.15) is 0 Å². The van der Waals surface area contributed by atoms with Gasteiger partial charge in [-0.1, -0.05) is 31.2 Å². The molecule has 1 aromatic rings. The van der Waals surface area contributed by atoms with Gasteiger partial charge in [0, 0.05) is 39.3 Å². The predicted octanol–water partition coefficient (Wildman–Crippen LogP) is 1.53. The van der Waals surface area contributed by atoms with Gasteiger partial charge < -0.3 is 20.3 Å². The van der Waals surface area contributed by atoms with Crippen LogP contribution in [-0.4, -0.2) is 75.3 Å². The van der Waals surface area contributed by atoms with E-state index in [0.717, 1.165) is 65.0 Å². The van der Waals surface area contributed by atoms with Crippen molar-refractivity contribution in [2.45, 2.75) is 26.9 Å². The summed E-state index contributed by atoms with van der Waals surface area (Å²) in [4.78, 5) is 9.47. The largest absolute Gasteiger partial charge is 0.379 e. The number of rotatable bonds is 9. The number of benzene rings is 1. The lowest BCUT2D eigenvalue weighted by Crippen LogP contribution is -2.44. The van der Waals surface area contributed by atoms with Crippen molar-refractivity contribution in [1.82, 2.24) is 20.4 Å². The number of ether oxygens (including phenoxy) is 1. The van der Waals surface area contributed by atoms with Crippen LogP contribution < -0.4 is 10.6 Å². The van der Waals surface area contributed by atoms with Crippen LogP contribution in [0.5, 0.6) is 0 Å². The Labute approximate surface area is 158 Å². The SMILES string of the molecule is CCNC(=NCc1cccc(CN(C)CC)c1)NCCN1CCOCC1. The predicted molar refractivity (Wildman–Crippen MR) is 109 cm³/mol. The number of morpholine rings is 1. The van der Waals surface area contributed by atoms with Gasteiger partial charge in [-0.2, -0.15) is 0 Å². The summed E-state index contributed by atoms with van der Waals surface area (Å²) in [5.74, 6) is 0.886. The first-order chi connectivity index (χ1) is 12.7. The number of hydrogen-bond acceptors (Lipinski definition) is 4. The molecule has 1 aliphatic rings. The molecule has 0 saturated carbocycles. The van der Waals surface area contributed by atoms with Crippen LogP contribution in [0.25, 0.3) is 0 Å². The maximum atomic E-state index is 5.39. The molecule has 0 aliphatic carbocycles. The minimum Gasteiger partial charge on any atom is -0.379 e. The van der Waals surface area contributed by atoms with Gasteiger partial charge in [-0.05, 0) is 31.6 Å². The molecule has 26 heavy (non-hydrogen) atoms. The summed E-state index contributed by atoms with van der Waals surface area (Å²) in [6, 6.07) is 8.72. The Morgan fingerprint density at radius 3 is 2.69 bits per heavy atom. The molecule has 6 nitrogen and oxygen atoms in total. The second-order valence-electron chi connectivity index (χ2n) is 6.73. The second-order valence-corrected chi connectivity index (χ2v) is 6.73. The zero-order valence-corrected chi connectivity index (χ0v) is 16.6. The number of nitrogens with zero attached hydrogens (tertiary/aromatic N) is 3. The first-order valence-electron chi connectivity index (χ1n) is 9.80. The van der Waals surface area contributed by atoms with Crippen molar-refractivity contribution in [3.05, 3.63) is 35.4 Å². The summed E-state index contributed by atoms with van der Waals surface area (Å²) in [5, 5.41) is 6.78. The lowest BCUT2D eigenvalue weighted by Gasteiger charge is -2.26. The van der Waals surface area contributed by atoms with Gasteiger partial charge in [-0.15, -0.1) is 0 Å². The molecule has 1 heterocycles. The number of guanidine groups is 1. The monoisotopic (exact) mass is 361 g/mol. The van der Waals surface area contributed by atoms with Crippen LogP contribution in [-0.2, 0) is 17.8 Å². The lowest BCUT2D eigenvalue weighted by molar-refractivity contribution is 0.0389. The first-order valence-corrected chi connectivity index (χ1v) is 9.80. The number of aliphatic imine (C=N–C) groups is 1. The molecular weight excluding hydrogens is 326 g/mol. The van der Waals surface area contributed by atoms with E-state index in [2.05, 4.69) is 65.6 Å². The Morgan fingerprint density at radius 2 is 1.96 bits per heavy atom. The zero-order chi connectivity index (χ0) is 18.6. The lowest BCUT2D eigenvalue weighted by atomic mass is 10.1. The molecule has 0 bridgehead atoms. The number of hydrogen-bond donors (Lipinski definition) is 2. The Morgan fingerprint density at radius 1 is 1.19 bits per heavy atom. The Bertz CT molecular complexity index is 543. The molecule has 2 rings (SSSR count). The number of nitrogens with one attached hydrogen (secondary N) is 2. The molecule has 1 saturated heterocycles. The van der Waals surface area contributed by atoms with E-state index in [1.54, 1.807) is 0 Å². The van der Waals surface area contributed by atoms with Gasteiger partial charge in [-0.25, -0.2) is 4.99 Å². The Hall–Kier alpha value is -1.63. The van der Waals surface area contributed by atoms with Crippen LogP contribution in [0.3, 0.4) is 0 Å². The highest BCUT2D eigenvalue weighted by Gasteiger charge is 2.09. The summed E-state index contributed by atoms with van der Waals surface area (Å²) in [6.07, 6.45) is 0. The van der Waals surface area contributed by atoms with Crippen LogP contribution in [0.2, 0.25) is 0 Å². The van der Waals surface area contributed by atoms with E-state index in [-0.39, 0.29) is 0 Å².